The van der Waals surface area contributed by atoms with Crippen molar-refractivity contribution in [1.82, 2.24) is 19.6 Å². The molecule has 0 saturated carbocycles. The molecule has 0 bridgehead atoms. The van der Waals surface area contributed by atoms with Crippen LogP contribution in [-0.2, 0) is 14.3 Å². The minimum Gasteiger partial charge on any atom is -0.438 e. The average Bonchev–Trinajstić information content (AvgIpc) is 3.63. The summed E-state index contributed by atoms with van der Waals surface area (Å²) in [7, 11) is 1.73. The van der Waals surface area contributed by atoms with Gasteiger partial charge in [0, 0.05) is 62.1 Å². The standard InChI is InChI=1S/C33H39N7O5/c1-6-28(41)35-24-8-7-9-26(20-24)44-30-27-15-17-40(45-31(42)33(2,3)4)29(27)37-32(38-30)36-23-12-10-22(11-13-23)34-25-14-16-39(21-25)18-19-43-5/h6-13,15,17,20,25,34H,1,14,16,18-19,21H2,2-5H3,(H,35,41)(H,36,37,38)/t25-/m0/s1. The van der Waals surface area contributed by atoms with Crippen molar-refractivity contribution in [2.45, 2.75) is 33.2 Å². The van der Waals surface area contributed by atoms with Gasteiger partial charge in [0.05, 0.1) is 17.4 Å². The molecule has 1 amide bonds. The van der Waals surface area contributed by atoms with Crippen molar-refractivity contribution in [3.05, 3.63) is 73.4 Å². The van der Waals surface area contributed by atoms with Crippen molar-refractivity contribution in [3.8, 4) is 11.6 Å². The fourth-order valence-corrected chi connectivity index (χ4v) is 4.73. The minimum absolute atomic E-state index is 0.234. The molecular formula is C33H39N7O5. The van der Waals surface area contributed by atoms with E-state index < -0.39 is 11.4 Å². The van der Waals surface area contributed by atoms with Crippen molar-refractivity contribution in [3.63, 3.8) is 0 Å². The second kappa shape index (κ2) is 13.8. The largest absolute Gasteiger partial charge is 0.438 e. The summed E-state index contributed by atoms with van der Waals surface area (Å²) in [4.78, 5) is 41.9. The van der Waals surface area contributed by atoms with Crippen molar-refractivity contribution >= 4 is 45.9 Å². The molecule has 236 valence electrons. The number of anilines is 4. The summed E-state index contributed by atoms with van der Waals surface area (Å²) in [5.74, 6) is 0.150. The maximum atomic E-state index is 12.7. The van der Waals surface area contributed by atoms with Crippen molar-refractivity contribution < 1.29 is 23.9 Å². The Balaban J connectivity index is 1.38. The van der Waals surface area contributed by atoms with Gasteiger partial charge in [0.25, 0.3) is 0 Å². The maximum absolute atomic E-state index is 12.7. The molecule has 3 heterocycles. The van der Waals surface area contributed by atoms with Gasteiger partial charge in [-0.15, -0.1) is 0 Å². The number of likely N-dealkylation sites (tertiary alicyclic amines) is 1. The lowest BCUT2D eigenvalue weighted by Gasteiger charge is -2.17. The zero-order valence-corrected chi connectivity index (χ0v) is 26.0. The third kappa shape index (κ3) is 8.16. The molecule has 1 saturated heterocycles. The van der Waals surface area contributed by atoms with Crippen LogP contribution in [0.2, 0.25) is 0 Å². The number of hydrogen-bond donors (Lipinski definition) is 3. The van der Waals surface area contributed by atoms with Gasteiger partial charge in [-0.3, -0.25) is 9.69 Å². The number of nitrogens with one attached hydrogen (secondary N) is 3. The number of benzene rings is 2. The third-order valence-corrected chi connectivity index (χ3v) is 7.17. The first-order valence-electron chi connectivity index (χ1n) is 14.8. The van der Waals surface area contributed by atoms with Crippen molar-refractivity contribution in [1.29, 1.82) is 0 Å². The molecule has 0 radical (unpaired) electrons. The van der Waals surface area contributed by atoms with E-state index >= 15 is 0 Å². The van der Waals surface area contributed by atoms with Gasteiger partial charge in [0.1, 0.15) is 5.75 Å². The molecule has 0 unspecified atom stereocenters. The molecular weight excluding hydrogens is 574 g/mol. The lowest BCUT2D eigenvalue weighted by atomic mass is 9.98. The highest BCUT2D eigenvalue weighted by Gasteiger charge is 2.26. The number of nitrogens with zero attached hydrogens (tertiary/aromatic N) is 4. The molecule has 0 aliphatic carbocycles. The first kappa shape index (κ1) is 31.5. The predicted molar refractivity (Wildman–Crippen MR) is 174 cm³/mol. The Morgan fingerprint density at radius 2 is 1.84 bits per heavy atom. The normalized spacial score (nSPS) is 15.1. The SMILES string of the molecule is C=CC(=O)Nc1cccc(Oc2nc(Nc3ccc(N[C@H]4CCN(CCOC)C4)cc3)nc3c2ccn3OC(=O)C(C)(C)C)c1. The maximum Gasteiger partial charge on any atom is 0.338 e. The van der Waals surface area contributed by atoms with E-state index in [0.717, 1.165) is 44.0 Å². The fourth-order valence-electron chi connectivity index (χ4n) is 4.73. The van der Waals surface area contributed by atoms with E-state index in [1.54, 1.807) is 64.4 Å². The van der Waals surface area contributed by atoms with E-state index in [1.165, 1.54) is 10.8 Å². The monoisotopic (exact) mass is 613 g/mol. The van der Waals surface area contributed by atoms with Crippen LogP contribution < -0.4 is 25.5 Å². The third-order valence-electron chi connectivity index (χ3n) is 7.17. The molecule has 2 aromatic heterocycles. The highest BCUT2D eigenvalue weighted by atomic mass is 16.7. The van der Waals surface area contributed by atoms with Gasteiger partial charge in [-0.2, -0.15) is 14.7 Å². The van der Waals surface area contributed by atoms with Crippen LogP contribution in [0.25, 0.3) is 11.0 Å². The number of hydrogen-bond acceptors (Lipinski definition) is 10. The van der Waals surface area contributed by atoms with Crippen molar-refractivity contribution in [2.24, 2.45) is 5.41 Å². The highest BCUT2D eigenvalue weighted by molar-refractivity contribution is 5.99. The summed E-state index contributed by atoms with van der Waals surface area (Å²) < 4.78 is 12.7. The molecule has 0 spiro atoms. The molecule has 12 nitrogen and oxygen atoms in total. The predicted octanol–water partition coefficient (Wildman–Crippen LogP) is 5.23. The van der Waals surface area contributed by atoms with Gasteiger partial charge in [-0.1, -0.05) is 12.6 Å². The van der Waals surface area contributed by atoms with Gasteiger partial charge in [0.15, 0.2) is 5.65 Å². The molecule has 12 heteroatoms. The molecule has 5 rings (SSSR count). The van der Waals surface area contributed by atoms with Crippen LogP contribution in [0.15, 0.2) is 73.4 Å². The molecule has 2 aromatic carbocycles. The molecule has 3 N–H and O–H groups in total. The van der Waals surface area contributed by atoms with E-state index in [9.17, 15) is 9.59 Å². The van der Waals surface area contributed by atoms with Gasteiger partial charge < -0.3 is 30.3 Å². The number of aromatic nitrogens is 3. The zero-order chi connectivity index (χ0) is 32.0. The summed E-state index contributed by atoms with van der Waals surface area (Å²) >= 11 is 0. The smallest absolute Gasteiger partial charge is 0.338 e. The molecule has 4 aromatic rings. The van der Waals surface area contributed by atoms with E-state index in [0.29, 0.717) is 28.5 Å². The Morgan fingerprint density at radius 3 is 2.58 bits per heavy atom. The Bertz CT molecular complexity index is 1660. The van der Waals surface area contributed by atoms with Gasteiger partial charge >= 0.3 is 5.97 Å². The number of amides is 1. The van der Waals surface area contributed by atoms with Gasteiger partial charge in [0.2, 0.25) is 17.7 Å². The topological polar surface area (TPSA) is 132 Å². The average molecular weight is 614 g/mol. The lowest BCUT2D eigenvalue weighted by molar-refractivity contribution is -0.152. The number of ether oxygens (including phenoxy) is 2. The van der Waals surface area contributed by atoms with E-state index in [2.05, 4.69) is 37.4 Å². The van der Waals surface area contributed by atoms with Crippen LogP contribution in [-0.4, -0.2) is 70.9 Å². The van der Waals surface area contributed by atoms with Gasteiger partial charge in [-0.05, 0) is 75.7 Å². The number of carbonyl (C=O) groups is 2. The molecule has 1 fully saturated rings. The Hall–Kier alpha value is -4.94. The van der Waals surface area contributed by atoms with Gasteiger partial charge in [-0.25, -0.2) is 4.79 Å². The van der Waals surface area contributed by atoms with Crippen LogP contribution in [0.3, 0.4) is 0 Å². The molecule has 1 atom stereocenters. The summed E-state index contributed by atoms with van der Waals surface area (Å²) in [6, 6.07) is 16.9. The van der Waals surface area contributed by atoms with E-state index in [4.69, 9.17) is 14.3 Å². The lowest BCUT2D eigenvalue weighted by Crippen LogP contribution is -2.31. The number of carbonyl (C=O) groups excluding carboxylic acids is 2. The first-order valence-corrected chi connectivity index (χ1v) is 14.8. The number of methoxy groups -OCH3 is 1. The van der Waals surface area contributed by atoms with E-state index in [1.807, 2.05) is 24.3 Å². The van der Waals surface area contributed by atoms with Crippen LogP contribution in [0, 0.1) is 5.41 Å². The molecule has 1 aliphatic heterocycles. The summed E-state index contributed by atoms with van der Waals surface area (Å²) in [5, 5.41) is 10.1. The van der Waals surface area contributed by atoms with E-state index in [-0.39, 0.29) is 17.7 Å². The quantitative estimate of drug-likeness (QED) is 0.183. The van der Waals surface area contributed by atoms with Crippen LogP contribution in [0.5, 0.6) is 11.6 Å². The molecule has 45 heavy (non-hydrogen) atoms. The second-order valence-corrected chi connectivity index (χ2v) is 11.8. The zero-order valence-electron chi connectivity index (χ0n) is 26.0. The minimum atomic E-state index is -0.725. The Labute approximate surface area is 262 Å². The van der Waals surface area contributed by atoms with Crippen LogP contribution in [0.4, 0.5) is 23.0 Å². The van der Waals surface area contributed by atoms with Crippen LogP contribution in [0.1, 0.15) is 27.2 Å². The fraction of sp³-hybridized carbons (Fsp3) is 0.333. The Morgan fingerprint density at radius 1 is 1.07 bits per heavy atom. The number of rotatable bonds is 12. The summed E-state index contributed by atoms with van der Waals surface area (Å²) in [5.41, 5.74) is 1.93. The molecule has 1 aliphatic rings. The first-order chi connectivity index (χ1) is 21.6. The van der Waals surface area contributed by atoms with Crippen molar-refractivity contribution in [2.75, 3.05) is 49.3 Å². The van der Waals surface area contributed by atoms with Crippen LogP contribution >= 0.6 is 0 Å². The highest BCUT2D eigenvalue weighted by Crippen LogP contribution is 2.32. The summed E-state index contributed by atoms with van der Waals surface area (Å²) in [6.45, 7) is 12.5. The second-order valence-electron chi connectivity index (χ2n) is 11.8. The number of fused-ring (bicyclic) bond motifs is 1. The summed E-state index contributed by atoms with van der Waals surface area (Å²) in [6.07, 6.45) is 3.86. The Kier molecular flexibility index (Phi) is 9.65.